The van der Waals surface area contributed by atoms with E-state index in [4.69, 9.17) is 28.2 Å². The summed E-state index contributed by atoms with van der Waals surface area (Å²) in [4.78, 5) is 24.1. The summed E-state index contributed by atoms with van der Waals surface area (Å²) in [5.41, 5.74) is 1.76. The van der Waals surface area contributed by atoms with Crippen molar-refractivity contribution in [1.29, 1.82) is 0 Å². The Morgan fingerprint density at radius 3 is 2.70 bits per heavy atom. The number of pyridine rings is 1. The van der Waals surface area contributed by atoms with Gasteiger partial charge < -0.3 is 0 Å². The zero-order chi connectivity index (χ0) is 19.0. The number of rotatable bonds is 3. The van der Waals surface area contributed by atoms with E-state index in [2.05, 4.69) is 9.88 Å². The van der Waals surface area contributed by atoms with Crippen molar-refractivity contribution in [1.82, 2.24) is 19.4 Å². The highest BCUT2D eigenvalue weighted by atomic mass is 35.5. The van der Waals surface area contributed by atoms with Gasteiger partial charge in [0.2, 0.25) is 0 Å². The summed E-state index contributed by atoms with van der Waals surface area (Å²) in [5, 5.41) is 1.29. The van der Waals surface area contributed by atoms with E-state index in [-0.39, 0.29) is 11.5 Å². The molecular weight excluding hydrogens is 383 g/mol. The lowest BCUT2D eigenvalue weighted by molar-refractivity contribution is 0.194. The number of benzene rings is 1. The molecule has 5 nitrogen and oxygen atoms in total. The maximum Gasteiger partial charge on any atom is 0.261 e. The van der Waals surface area contributed by atoms with Crippen LogP contribution in [0, 0.1) is 0 Å². The molecule has 2 aromatic heterocycles. The molecule has 0 bridgehead atoms. The van der Waals surface area contributed by atoms with Crippen LogP contribution in [0.3, 0.4) is 0 Å². The fourth-order valence-corrected chi connectivity index (χ4v) is 4.13. The maximum absolute atomic E-state index is 12.8. The summed E-state index contributed by atoms with van der Waals surface area (Å²) in [7, 11) is 1.79. The molecule has 1 aliphatic rings. The normalized spacial score (nSPS) is 18.1. The Hall–Kier alpha value is -1.95. The summed E-state index contributed by atoms with van der Waals surface area (Å²) in [6, 6.07) is 7.37. The third kappa shape index (κ3) is 3.72. The average Bonchev–Trinajstić information content (AvgIpc) is 2.67. The fraction of sp³-hybridized carbons (Fsp3) is 0.350. The van der Waals surface area contributed by atoms with Gasteiger partial charge >= 0.3 is 0 Å². The first-order chi connectivity index (χ1) is 13.0. The number of hydrogen-bond acceptors (Lipinski definition) is 4. The van der Waals surface area contributed by atoms with Gasteiger partial charge in [0.1, 0.15) is 5.82 Å². The van der Waals surface area contributed by atoms with Crippen LogP contribution in [0.15, 0.2) is 41.5 Å². The summed E-state index contributed by atoms with van der Waals surface area (Å²) in [5.74, 6) is 1.02. The minimum absolute atomic E-state index is 0.0835. The Balaban J connectivity index is 1.66. The molecule has 0 unspecified atom stereocenters. The van der Waals surface area contributed by atoms with E-state index in [0.717, 1.165) is 38.3 Å². The second-order valence-corrected chi connectivity index (χ2v) is 7.86. The standard InChI is InChI=1S/C20H20Cl2N4O/c1-25-19(24-18-10-17(22)16(21)9-15(18)20(25)27)14-3-2-8-26(12-14)11-13-4-6-23-7-5-13/h4-7,9-10,14H,2-3,8,11-12H2,1H3/t14-/m1/s1. The summed E-state index contributed by atoms with van der Waals surface area (Å²) in [6.45, 7) is 2.79. The van der Waals surface area contributed by atoms with Gasteiger partial charge in [-0.15, -0.1) is 0 Å². The van der Waals surface area contributed by atoms with Gasteiger partial charge in [-0.3, -0.25) is 19.2 Å². The van der Waals surface area contributed by atoms with Crippen LogP contribution in [0.1, 0.15) is 30.1 Å². The van der Waals surface area contributed by atoms with E-state index in [1.165, 1.54) is 5.56 Å². The predicted molar refractivity (Wildman–Crippen MR) is 108 cm³/mol. The van der Waals surface area contributed by atoms with Crippen LogP contribution in [0.25, 0.3) is 10.9 Å². The lowest BCUT2D eigenvalue weighted by Gasteiger charge is -2.33. The molecule has 0 saturated carbocycles. The molecule has 3 heterocycles. The molecule has 0 aliphatic carbocycles. The number of nitrogens with zero attached hydrogens (tertiary/aromatic N) is 4. The highest BCUT2D eigenvalue weighted by Gasteiger charge is 2.25. The van der Waals surface area contributed by atoms with Crippen LogP contribution in [0.5, 0.6) is 0 Å². The predicted octanol–water partition coefficient (Wildman–Crippen LogP) is 4.01. The van der Waals surface area contributed by atoms with Crippen LogP contribution in [-0.2, 0) is 13.6 Å². The number of fused-ring (bicyclic) bond motifs is 1. The van der Waals surface area contributed by atoms with E-state index in [1.807, 2.05) is 24.5 Å². The number of piperidine rings is 1. The van der Waals surface area contributed by atoms with Gasteiger partial charge in [0.25, 0.3) is 5.56 Å². The highest BCUT2D eigenvalue weighted by Crippen LogP contribution is 2.29. The van der Waals surface area contributed by atoms with E-state index >= 15 is 0 Å². The van der Waals surface area contributed by atoms with Crippen LogP contribution in [0.2, 0.25) is 10.0 Å². The lowest BCUT2D eigenvalue weighted by Crippen LogP contribution is -2.36. The highest BCUT2D eigenvalue weighted by molar-refractivity contribution is 6.42. The molecule has 1 aromatic carbocycles. The number of likely N-dealkylation sites (tertiary alicyclic amines) is 1. The van der Waals surface area contributed by atoms with E-state index in [1.54, 1.807) is 23.7 Å². The second kappa shape index (κ2) is 7.58. The molecule has 1 fully saturated rings. The zero-order valence-corrected chi connectivity index (χ0v) is 16.5. The molecule has 0 amide bonds. The van der Waals surface area contributed by atoms with Crippen molar-refractivity contribution in [2.45, 2.75) is 25.3 Å². The first kappa shape index (κ1) is 18.4. The quantitative estimate of drug-likeness (QED) is 0.663. The maximum atomic E-state index is 12.8. The third-order valence-electron chi connectivity index (χ3n) is 5.18. The molecule has 1 atom stereocenters. The number of hydrogen-bond donors (Lipinski definition) is 0. The van der Waals surface area contributed by atoms with Gasteiger partial charge in [-0.05, 0) is 49.2 Å². The average molecular weight is 403 g/mol. The number of halogens is 2. The third-order valence-corrected chi connectivity index (χ3v) is 5.90. The molecule has 3 aromatic rings. The van der Waals surface area contributed by atoms with Crippen LogP contribution < -0.4 is 5.56 Å². The smallest absolute Gasteiger partial charge is 0.261 e. The second-order valence-electron chi connectivity index (χ2n) is 7.05. The largest absolute Gasteiger partial charge is 0.299 e. The fourth-order valence-electron chi connectivity index (χ4n) is 3.80. The van der Waals surface area contributed by atoms with Crippen molar-refractivity contribution in [3.05, 3.63) is 68.4 Å². The van der Waals surface area contributed by atoms with Crippen LogP contribution >= 0.6 is 23.2 Å². The first-order valence-electron chi connectivity index (χ1n) is 9.00. The van der Waals surface area contributed by atoms with Crippen molar-refractivity contribution in [3.8, 4) is 0 Å². The Morgan fingerprint density at radius 2 is 1.93 bits per heavy atom. The topological polar surface area (TPSA) is 51.0 Å². The van der Waals surface area contributed by atoms with Gasteiger partial charge in [0.05, 0.1) is 20.9 Å². The van der Waals surface area contributed by atoms with Gasteiger partial charge in [0.15, 0.2) is 0 Å². The van der Waals surface area contributed by atoms with Gasteiger partial charge in [-0.25, -0.2) is 4.98 Å². The summed E-state index contributed by atoms with van der Waals surface area (Å²) in [6.07, 6.45) is 5.73. The van der Waals surface area contributed by atoms with E-state index in [0.29, 0.717) is 20.9 Å². The molecule has 27 heavy (non-hydrogen) atoms. The molecule has 0 N–H and O–H groups in total. The van der Waals surface area contributed by atoms with Crippen LogP contribution in [0.4, 0.5) is 0 Å². The van der Waals surface area contributed by atoms with Crippen LogP contribution in [-0.4, -0.2) is 32.5 Å². The zero-order valence-electron chi connectivity index (χ0n) is 15.0. The molecular formula is C20H20Cl2N4O. The molecule has 4 rings (SSSR count). The van der Waals surface area contributed by atoms with E-state index in [9.17, 15) is 4.79 Å². The Bertz CT molecular complexity index is 1040. The molecule has 140 valence electrons. The Kier molecular flexibility index (Phi) is 5.17. The summed E-state index contributed by atoms with van der Waals surface area (Å²) < 4.78 is 1.66. The molecule has 0 spiro atoms. The van der Waals surface area contributed by atoms with Crippen molar-refractivity contribution in [2.24, 2.45) is 7.05 Å². The first-order valence-corrected chi connectivity index (χ1v) is 9.75. The lowest BCUT2D eigenvalue weighted by atomic mass is 9.96. The van der Waals surface area contributed by atoms with Crippen molar-refractivity contribution >= 4 is 34.1 Å². The van der Waals surface area contributed by atoms with Crippen molar-refractivity contribution in [2.75, 3.05) is 13.1 Å². The number of aromatic nitrogens is 3. The molecule has 1 aliphatic heterocycles. The van der Waals surface area contributed by atoms with Crippen molar-refractivity contribution < 1.29 is 0 Å². The minimum atomic E-state index is -0.0835. The molecule has 7 heteroatoms. The minimum Gasteiger partial charge on any atom is -0.299 e. The van der Waals surface area contributed by atoms with Gasteiger partial charge in [-0.1, -0.05) is 23.2 Å². The SMILES string of the molecule is Cn1c([C@@H]2CCCN(Cc3ccncc3)C2)nc2cc(Cl)c(Cl)cc2c1=O. The van der Waals surface area contributed by atoms with Crippen molar-refractivity contribution in [3.63, 3.8) is 0 Å². The monoisotopic (exact) mass is 402 g/mol. The molecule has 1 saturated heterocycles. The Morgan fingerprint density at radius 1 is 1.19 bits per heavy atom. The summed E-state index contributed by atoms with van der Waals surface area (Å²) >= 11 is 12.2. The van der Waals surface area contributed by atoms with E-state index < -0.39 is 0 Å². The molecule has 0 radical (unpaired) electrons. The van der Waals surface area contributed by atoms with Gasteiger partial charge in [0, 0.05) is 38.4 Å². The van der Waals surface area contributed by atoms with Gasteiger partial charge in [-0.2, -0.15) is 0 Å². The Labute approximate surface area is 167 Å².